The van der Waals surface area contributed by atoms with Crippen molar-refractivity contribution in [3.05, 3.63) is 40.1 Å². The van der Waals surface area contributed by atoms with Gasteiger partial charge in [-0.2, -0.15) is 4.39 Å². The maximum Gasteiger partial charge on any atom is 0.227 e. The van der Waals surface area contributed by atoms with Crippen molar-refractivity contribution in [2.75, 3.05) is 12.4 Å². The summed E-state index contributed by atoms with van der Waals surface area (Å²) in [6, 6.07) is 2.38. The first-order valence-corrected chi connectivity index (χ1v) is 6.70. The summed E-state index contributed by atoms with van der Waals surface area (Å²) in [6.07, 6.45) is 1.89. The molecule has 1 aromatic carbocycles. The Hall–Kier alpha value is -1.76. The lowest BCUT2D eigenvalue weighted by Gasteiger charge is -2.12. The van der Waals surface area contributed by atoms with Crippen LogP contribution >= 0.6 is 15.9 Å². The lowest BCUT2D eigenvalue weighted by molar-refractivity contribution is 0.401. The number of hydrogen-bond donors (Lipinski definition) is 1. The van der Waals surface area contributed by atoms with Gasteiger partial charge < -0.3 is 10.1 Å². The zero-order chi connectivity index (χ0) is 14.7. The molecule has 0 aliphatic rings. The molecule has 4 nitrogen and oxygen atoms in total. The summed E-state index contributed by atoms with van der Waals surface area (Å²) in [4.78, 5) is 8.02. The molecule has 106 valence electrons. The van der Waals surface area contributed by atoms with E-state index < -0.39 is 11.6 Å². The Labute approximate surface area is 123 Å². The first kappa shape index (κ1) is 14.6. The largest absolute Gasteiger partial charge is 0.435 e. The lowest BCUT2D eigenvalue weighted by Crippen LogP contribution is -2.03. The van der Waals surface area contributed by atoms with Crippen LogP contribution in [0, 0.1) is 11.6 Å². The van der Waals surface area contributed by atoms with Gasteiger partial charge in [0.15, 0.2) is 11.6 Å². The second kappa shape index (κ2) is 6.13. The third-order valence-electron chi connectivity index (χ3n) is 2.66. The van der Waals surface area contributed by atoms with Gasteiger partial charge in [0.2, 0.25) is 11.7 Å². The van der Waals surface area contributed by atoms with Gasteiger partial charge >= 0.3 is 0 Å². The topological polar surface area (TPSA) is 47.0 Å². The van der Waals surface area contributed by atoms with Crippen molar-refractivity contribution in [1.29, 1.82) is 0 Å². The molecule has 0 fully saturated rings. The van der Waals surface area contributed by atoms with E-state index in [0.29, 0.717) is 22.3 Å². The zero-order valence-electron chi connectivity index (χ0n) is 10.9. The van der Waals surface area contributed by atoms with Crippen molar-refractivity contribution < 1.29 is 13.5 Å². The van der Waals surface area contributed by atoms with Gasteiger partial charge in [0.25, 0.3) is 0 Å². The monoisotopic (exact) mass is 343 g/mol. The highest BCUT2D eigenvalue weighted by atomic mass is 79.9. The van der Waals surface area contributed by atoms with E-state index in [9.17, 15) is 8.78 Å². The second-order valence-electron chi connectivity index (χ2n) is 3.91. The Morgan fingerprint density at radius 3 is 2.70 bits per heavy atom. The SMILES string of the molecule is CCc1c(NC)ncnc1Oc1cc(Br)cc(F)c1F. The Morgan fingerprint density at radius 2 is 2.05 bits per heavy atom. The molecule has 0 saturated heterocycles. The molecule has 1 N–H and O–H groups in total. The molecule has 20 heavy (non-hydrogen) atoms. The number of benzene rings is 1. The number of nitrogens with one attached hydrogen (secondary N) is 1. The summed E-state index contributed by atoms with van der Waals surface area (Å²) in [5.74, 6) is -1.49. The molecule has 0 unspecified atom stereocenters. The fourth-order valence-electron chi connectivity index (χ4n) is 1.73. The van der Waals surface area contributed by atoms with Crippen molar-refractivity contribution in [2.45, 2.75) is 13.3 Å². The Balaban J connectivity index is 2.45. The fraction of sp³-hybridized carbons (Fsp3) is 0.231. The normalized spacial score (nSPS) is 10.4. The first-order chi connectivity index (χ1) is 9.56. The van der Waals surface area contributed by atoms with Gasteiger partial charge in [-0.1, -0.05) is 22.9 Å². The molecule has 0 radical (unpaired) electrons. The van der Waals surface area contributed by atoms with Crippen molar-refractivity contribution in [3.8, 4) is 11.6 Å². The van der Waals surface area contributed by atoms with Crippen LogP contribution in [0.15, 0.2) is 22.9 Å². The number of ether oxygens (including phenoxy) is 1. The van der Waals surface area contributed by atoms with E-state index in [-0.39, 0.29) is 11.6 Å². The van der Waals surface area contributed by atoms with Crippen LogP contribution in [0.5, 0.6) is 11.6 Å². The molecule has 0 aliphatic heterocycles. The van der Waals surface area contributed by atoms with Gasteiger partial charge in [-0.15, -0.1) is 0 Å². The minimum absolute atomic E-state index is 0.197. The van der Waals surface area contributed by atoms with Crippen LogP contribution in [0.1, 0.15) is 12.5 Å². The molecule has 0 amide bonds. The highest BCUT2D eigenvalue weighted by Gasteiger charge is 2.16. The average Bonchev–Trinajstić information content (AvgIpc) is 2.43. The lowest BCUT2D eigenvalue weighted by atomic mass is 10.2. The van der Waals surface area contributed by atoms with Crippen LogP contribution in [0.4, 0.5) is 14.6 Å². The molecule has 0 bridgehead atoms. The maximum atomic E-state index is 13.7. The molecule has 1 aromatic heterocycles. The van der Waals surface area contributed by atoms with E-state index >= 15 is 0 Å². The minimum Gasteiger partial charge on any atom is -0.435 e. The van der Waals surface area contributed by atoms with E-state index in [1.165, 1.54) is 12.4 Å². The highest BCUT2D eigenvalue weighted by molar-refractivity contribution is 9.10. The first-order valence-electron chi connectivity index (χ1n) is 5.90. The van der Waals surface area contributed by atoms with E-state index in [1.807, 2.05) is 6.92 Å². The van der Waals surface area contributed by atoms with Crippen molar-refractivity contribution >= 4 is 21.7 Å². The van der Waals surface area contributed by atoms with Crippen LogP contribution in [0.2, 0.25) is 0 Å². The molecule has 7 heteroatoms. The molecule has 1 heterocycles. The maximum absolute atomic E-state index is 13.7. The molecular weight excluding hydrogens is 332 g/mol. The smallest absolute Gasteiger partial charge is 0.227 e. The third kappa shape index (κ3) is 2.87. The number of hydrogen-bond acceptors (Lipinski definition) is 4. The van der Waals surface area contributed by atoms with Crippen molar-refractivity contribution in [3.63, 3.8) is 0 Å². The highest BCUT2D eigenvalue weighted by Crippen LogP contribution is 2.31. The Bertz CT molecular complexity index is 637. The molecule has 2 rings (SSSR count). The van der Waals surface area contributed by atoms with Gasteiger partial charge in [-0.25, -0.2) is 14.4 Å². The quantitative estimate of drug-likeness (QED) is 0.855. The molecule has 0 spiro atoms. The molecule has 0 aliphatic carbocycles. The molecule has 2 aromatic rings. The van der Waals surface area contributed by atoms with Crippen LogP contribution in [0.3, 0.4) is 0 Å². The van der Waals surface area contributed by atoms with Gasteiger partial charge in [0.05, 0.1) is 5.56 Å². The minimum atomic E-state index is -1.06. The van der Waals surface area contributed by atoms with E-state index in [0.717, 1.165) is 6.07 Å². The fourth-order valence-corrected chi connectivity index (χ4v) is 2.14. The third-order valence-corrected chi connectivity index (χ3v) is 3.12. The van der Waals surface area contributed by atoms with Gasteiger partial charge in [-0.3, -0.25) is 0 Å². The van der Waals surface area contributed by atoms with E-state index in [1.54, 1.807) is 7.05 Å². The zero-order valence-corrected chi connectivity index (χ0v) is 12.5. The van der Waals surface area contributed by atoms with Gasteiger partial charge in [-0.05, 0) is 18.6 Å². The number of halogens is 3. The van der Waals surface area contributed by atoms with E-state index in [4.69, 9.17) is 4.74 Å². The summed E-state index contributed by atoms with van der Waals surface area (Å²) < 4.78 is 32.8. The van der Waals surface area contributed by atoms with Crippen molar-refractivity contribution in [1.82, 2.24) is 9.97 Å². The van der Waals surface area contributed by atoms with Crippen LogP contribution in [-0.2, 0) is 6.42 Å². The number of nitrogens with zero attached hydrogens (tertiary/aromatic N) is 2. The van der Waals surface area contributed by atoms with Gasteiger partial charge in [0, 0.05) is 11.5 Å². The predicted octanol–water partition coefficient (Wildman–Crippen LogP) is 3.91. The average molecular weight is 344 g/mol. The Morgan fingerprint density at radius 1 is 1.30 bits per heavy atom. The van der Waals surface area contributed by atoms with Crippen molar-refractivity contribution in [2.24, 2.45) is 0 Å². The number of anilines is 1. The standard InChI is InChI=1S/C13H12BrF2N3O/c1-3-8-12(17-2)18-6-19-13(8)20-10-5-7(14)4-9(15)11(10)16/h4-6H,3H2,1-2H3,(H,17,18,19). The predicted molar refractivity (Wildman–Crippen MR) is 75.1 cm³/mol. The summed E-state index contributed by atoms with van der Waals surface area (Å²) in [6.45, 7) is 1.89. The summed E-state index contributed by atoms with van der Waals surface area (Å²) in [5, 5.41) is 2.90. The van der Waals surface area contributed by atoms with Crippen LogP contribution in [-0.4, -0.2) is 17.0 Å². The van der Waals surface area contributed by atoms with Crippen LogP contribution in [0.25, 0.3) is 0 Å². The van der Waals surface area contributed by atoms with Gasteiger partial charge in [0.1, 0.15) is 12.1 Å². The molecular formula is C13H12BrF2N3O. The second-order valence-corrected chi connectivity index (χ2v) is 4.83. The number of aromatic nitrogens is 2. The van der Waals surface area contributed by atoms with E-state index in [2.05, 4.69) is 31.2 Å². The molecule has 0 atom stereocenters. The summed E-state index contributed by atoms with van der Waals surface area (Å²) >= 11 is 3.09. The number of rotatable bonds is 4. The molecule has 0 saturated carbocycles. The summed E-state index contributed by atoms with van der Waals surface area (Å²) in [5.41, 5.74) is 0.690. The summed E-state index contributed by atoms with van der Waals surface area (Å²) in [7, 11) is 1.71. The Kier molecular flexibility index (Phi) is 4.49. The van der Waals surface area contributed by atoms with Crippen LogP contribution < -0.4 is 10.1 Å².